The third kappa shape index (κ3) is 3.54. The molecule has 166 valence electrons. The van der Waals surface area contributed by atoms with E-state index in [2.05, 4.69) is 18.9 Å². The number of nitrogens with zero attached hydrogens (tertiary/aromatic N) is 2. The van der Waals surface area contributed by atoms with Crippen LogP contribution in [0, 0.1) is 0 Å². The summed E-state index contributed by atoms with van der Waals surface area (Å²) in [5.74, 6) is 0.000170. The van der Waals surface area contributed by atoms with Crippen LogP contribution in [0.1, 0.15) is 55.1 Å². The van der Waals surface area contributed by atoms with Gasteiger partial charge in [-0.1, -0.05) is 0 Å². The molecule has 2 aliphatic rings. The average molecular weight is 428 g/mol. The van der Waals surface area contributed by atoms with Crippen LogP contribution in [-0.2, 0) is 4.74 Å². The Morgan fingerprint density at radius 2 is 1.97 bits per heavy atom. The highest BCUT2D eigenvalue weighted by atomic mass is 16.5. The average Bonchev–Trinajstić information content (AvgIpc) is 3.05. The van der Waals surface area contributed by atoms with Crippen molar-refractivity contribution in [1.29, 1.82) is 0 Å². The standard InChI is InChI=1S/C23H28N2O6/c1-23(2)7-6-17-14-11-21(31-9-5-8-29-3)20(30-4)10-15(14)18-12-19(26)16(22(27)28)13-24(18)25(17)23/h10-13,17H,5-9H2,1-4H3,(H,27,28). The minimum atomic E-state index is -1.22. The fourth-order valence-electron chi connectivity index (χ4n) is 4.67. The number of ether oxygens (including phenoxy) is 3. The highest BCUT2D eigenvalue weighted by Crippen LogP contribution is 2.50. The molecule has 0 radical (unpaired) electrons. The van der Waals surface area contributed by atoms with Crippen LogP contribution in [0.5, 0.6) is 11.5 Å². The second-order valence-electron chi connectivity index (χ2n) is 8.58. The van der Waals surface area contributed by atoms with E-state index in [0.717, 1.165) is 30.4 Å². The van der Waals surface area contributed by atoms with Gasteiger partial charge in [0.15, 0.2) is 16.9 Å². The lowest BCUT2D eigenvalue weighted by Crippen LogP contribution is -2.50. The Kier molecular flexibility index (Phi) is 5.43. The third-order valence-electron chi connectivity index (χ3n) is 6.16. The molecule has 8 nitrogen and oxygen atoms in total. The fourth-order valence-corrected chi connectivity index (χ4v) is 4.67. The van der Waals surface area contributed by atoms with Crippen molar-refractivity contribution in [2.24, 2.45) is 0 Å². The lowest BCUT2D eigenvalue weighted by molar-refractivity contribution is 0.0694. The molecule has 4 rings (SSSR count). The van der Waals surface area contributed by atoms with Crippen LogP contribution in [0.25, 0.3) is 11.3 Å². The summed E-state index contributed by atoms with van der Waals surface area (Å²) in [6.45, 7) is 5.37. The minimum Gasteiger partial charge on any atom is -0.493 e. The zero-order valence-corrected chi connectivity index (χ0v) is 18.3. The number of pyridine rings is 1. The van der Waals surface area contributed by atoms with Gasteiger partial charge in [0.25, 0.3) is 0 Å². The molecule has 1 atom stereocenters. The van der Waals surface area contributed by atoms with Gasteiger partial charge in [-0.25, -0.2) is 4.79 Å². The van der Waals surface area contributed by atoms with E-state index in [1.165, 1.54) is 12.3 Å². The Balaban J connectivity index is 1.88. The molecule has 3 heterocycles. The number of carbonyl (C=O) groups is 1. The molecule has 2 aromatic rings. The number of carboxylic acid groups (broad SMARTS) is 1. The van der Waals surface area contributed by atoms with Crippen molar-refractivity contribution < 1.29 is 24.1 Å². The normalized spacial score (nSPS) is 18.2. The number of methoxy groups -OCH3 is 2. The maximum absolute atomic E-state index is 12.5. The van der Waals surface area contributed by atoms with Gasteiger partial charge in [0, 0.05) is 38.0 Å². The first-order valence-corrected chi connectivity index (χ1v) is 10.4. The van der Waals surface area contributed by atoms with Gasteiger partial charge in [-0.05, 0) is 44.4 Å². The van der Waals surface area contributed by atoms with E-state index in [1.807, 2.05) is 16.8 Å². The maximum atomic E-state index is 12.5. The van der Waals surface area contributed by atoms with Crippen LogP contribution in [-0.4, -0.2) is 48.7 Å². The molecule has 1 unspecified atom stereocenters. The van der Waals surface area contributed by atoms with Crippen molar-refractivity contribution in [2.75, 3.05) is 32.4 Å². The Labute approximate surface area is 180 Å². The number of aromatic carboxylic acids is 1. The number of benzene rings is 1. The number of hydrogen-bond acceptors (Lipinski definition) is 6. The van der Waals surface area contributed by atoms with Crippen LogP contribution >= 0.6 is 0 Å². The lowest BCUT2D eigenvalue weighted by Gasteiger charge is -2.44. The van der Waals surface area contributed by atoms with Gasteiger partial charge in [0.05, 0.1) is 31.0 Å². The largest absolute Gasteiger partial charge is 0.493 e. The highest BCUT2D eigenvalue weighted by Gasteiger charge is 2.45. The summed E-state index contributed by atoms with van der Waals surface area (Å²) in [5, 5.41) is 11.7. The third-order valence-corrected chi connectivity index (χ3v) is 6.16. The number of aromatic nitrogens is 1. The monoisotopic (exact) mass is 428 g/mol. The van der Waals surface area contributed by atoms with Gasteiger partial charge in [-0.2, -0.15) is 0 Å². The molecule has 31 heavy (non-hydrogen) atoms. The van der Waals surface area contributed by atoms with Gasteiger partial charge < -0.3 is 19.3 Å². The van der Waals surface area contributed by atoms with Crippen molar-refractivity contribution in [1.82, 2.24) is 4.68 Å². The molecule has 0 spiro atoms. The van der Waals surface area contributed by atoms with Gasteiger partial charge in [-0.15, -0.1) is 0 Å². The van der Waals surface area contributed by atoms with E-state index in [0.29, 0.717) is 30.4 Å². The Morgan fingerprint density at radius 1 is 1.19 bits per heavy atom. The highest BCUT2D eigenvalue weighted by molar-refractivity contribution is 5.88. The Morgan fingerprint density at radius 3 is 2.65 bits per heavy atom. The minimum absolute atomic E-state index is 0.0360. The summed E-state index contributed by atoms with van der Waals surface area (Å²) >= 11 is 0. The van der Waals surface area contributed by atoms with Crippen molar-refractivity contribution in [2.45, 2.75) is 44.7 Å². The topological polar surface area (TPSA) is 90.2 Å². The molecule has 1 saturated heterocycles. The molecular formula is C23H28N2O6. The van der Waals surface area contributed by atoms with Gasteiger partial charge in [0.2, 0.25) is 0 Å². The number of rotatable bonds is 7. The zero-order chi connectivity index (χ0) is 22.3. The van der Waals surface area contributed by atoms with Crippen LogP contribution < -0.4 is 19.9 Å². The van der Waals surface area contributed by atoms with E-state index < -0.39 is 11.4 Å². The second kappa shape index (κ2) is 7.92. The second-order valence-corrected chi connectivity index (χ2v) is 8.58. The van der Waals surface area contributed by atoms with Crippen molar-refractivity contribution in [3.8, 4) is 22.8 Å². The summed E-state index contributed by atoms with van der Waals surface area (Å²) in [6.07, 6.45) is 4.05. The van der Waals surface area contributed by atoms with E-state index in [1.54, 1.807) is 14.2 Å². The van der Waals surface area contributed by atoms with E-state index in [9.17, 15) is 14.7 Å². The zero-order valence-electron chi connectivity index (χ0n) is 18.3. The molecular weight excluding hydrogens is 400 g/mol. The summed E-state index contributed by atoms with van der Waals surface area (Å²) in [4.78, 5) is 24.2. The Hall–Kier alpha value is -3.00. The molecule has 1 fully saturated rings. The molecule has 1 N–H and O–H groups in total. The summed E-state index contributed by atoms with van der Waals surface area (Å²) in [7, 11) is 3.24. The molecule has 0 aliphatic carbocycles. The maximum Gasteiger partial charge on any atom is 0.341 e. The van der Waals surface area contributed by atoms with Gasteiger partial charge in [0.1, 0.15) is 5.56 Å². The van der Waals surface area contributed by atoms with Crippen LogP contribution in [0.3, 0.4) is 0 Å². The Bertz CT molecular complexity index is 1070. The predicted octanol–water partition coefficient (Wildman–Crippen LogP) is 3.20. The van der Waals surface area contributed by atoms with Crippen molar-refractivity contribution in [3.05, 3.63) is 45.7 Å². The quantitative estimate of drug-likeness (QED) is 0.677. The summed E-state index contributed by atoms with van der Waals surface area (Å²) in [5.41, 5.74) is 1.60. The van der Waals surface area contributed by atoms with Crippen LogP contribution in [0.4, 0.5) is 0 Å². The van der Waals surface area contributed by atoms with Crippen LogP contribution in [0.15, 0.2) is 29.2 Å². The smallest absolute Gasteiger partial charge is 0.341 e. The first-order valence-electron chi connectivity index (χ1n) is 10.4. The molecule has 1 aromatic carbocycles. The fraction of sp³-hybridized carbons (Fsp3) is 0.478. The lowest BCUT2D eigenvalue weighted by atomic mass is 9.93. The number of hydrogen-bond donors (Lipinski definition) is 1. The molecule has 0 saturated carbocycles. The SMILES string of the molecule is COCCCOc1cc2c(cc1OC)-c1cc(=O)c(C(=O)O)cn1N1C2CCC1(C)C. The van der Waals surface area contributed by atoms with Crippen molar-refractivity contribution in [3.63, 3.8) is 0 Å². The van der Waals surface area contributed by atoms with E-state index in [4.69, 9.17) is 14.2 Å². The number of fused-ring (bicyclic) bond motifs is 6. The number of carboxylic acids is 1. The van der Waals surface area contributed by atoms with Crippen LogP contribution in [0.2, 0.25) is 0 Å². The molecule has 0 bridgehead atoms. The predicted molar refractivity (Wildman–Crippen MR) is 116 cm³/mol. The van der Waals surface area contributed by atoms with E-state index in [-0.39, 0.29) is 17.1 Å². The molecule has 2 aliphatic heterocycles. The first kappa shape index (κ1) is 21.2. The van der Waals surface area contributed by atoms with E-state index >= 15 is 0 Å². The summed E-state index contributed by atoms with van der Waals surface area (Å²) < 4.78 is 18.5. The van der Waals surface area contributed by atoms with Gasteiger partial charge >= 0.3 is 5.97 Å². The molecule has 8 heteroatoms. The van der Waals surface area contributed by atoms with Gasteiger partial charge in [-0.3, -0.25) is 14.5 Å². The molecule has 0 amide bonds. The molecule has 1 aromatic heterocycles. The summed E-state index contributed by atoms with van der Waals surface area (Å²) in [6, 6.07) is 5.33. The van der Waals surface area contributed by atoms with Crippen molar-refractivity contribution >= 4 is 5.97 Å². The first-order chi connectivity index (χ1) is 14.8.